The fourth-order valence-corrected chi connectivity index (χ4v) is 3.81. The van der Waals surface area contributed by atoms with E-state index in [9.17, 15) is 10.1 Å². The summed E-state index contributed by atoms with van der Waals surface area (Å²) >= 11 is 0. The molecule has 3 heterocycles. The molecule has 4 rings (SSSR count). The van der Waals surface area contributed by atoms with Crippen molar-refractivity contribution in [2.45, 2.75) is 31.8 Å². The molecule has 0 bridgehead atoms. The summed E-state index contributed by atoms with van der Waals surface area (Å²) in [6, 6.07) is 11.8. The maximum atomic E-state index is 12.6. The van der Waals surface area contributed by atoms with E-state index in [4.69, 9.17) is 0 Å². The van der Waals surface area contributed by atoms with Gasteiger partial charge >= 0.3 is 0 Å². The van der Waals surface area contributed by atoms with Crippen molar-refractivity contribution >= 4 is 5.69 Å². The number of nitriles is 1. The normalized spacial score (nSPS) is 20.4. The highest BCUT2D eigenvalue weighted by molar-refractivity contribution is 5.45. The van der Waals surface area contributed by atoms with Crippen molar-refractivity contribution in [2.24, 2.45) is 0 Å². The highest BCUT2D eigenvalue weighted by atomic mass is 16.1. The van der Waals surface area contributed by atoms with Crippen LogP contribution in [0.4, 0.5) is 5.69 Å². The molecule has 2 aliphatic heterocycles. The Morgan fingerprint density at radius 3 is 2.77 bits per heavy atom. The average molecular weight is 349 g/mol. The van der Waals surface area contributed by atoms with Gasteiger partial charge < -0.3 is 4.90 Å². The van der Waals surface area contributed by atoms with E-state index in [1.54, 1.807) is 10.7 Å². The van der Waals surface area contributed by atoms with Gasteiger partial charge in [-0.05, 0) is 37.4 Å². The van der Waals surface area contributed by atoms with E-state index in [1.165, 1.54) is 6.42 Å². The SMILES string of the molecule is N#Cc1ccccc1CN1CCC[C@H](n2ncc(N3CCC3)cc2=O)C1. The van der Waals surface area contributed by atoms with Crippen LogP contribution in [-0.2, 0) is 6.54 Å². The lowest BCUT2D eigenvalue weighted by molar-refractivity contribution is 0.160. The van der Waals surface area contributed by atoms with Crippen molar-refractivity contribution in [2.75, 3.05) is 31.1 Å². The Kier molecular flexibility index (Phi) is 4.72. The summed E-state index contributed by atoms with van der Waals surface area (Å²) in [6.07, 6.45) is 5.00. The monoisotopic (exact) mass is 349 g/mol. The Balaban J connectivity index is 1.48. The average Bonchev–Trinajstić information content (AvgIpc) is 2.61. The van der Waals surface area contributed by atoms with Crippen molar-refractivity contribution < 1.29 is 0 Å². The summed E-state index contributed by atoms with van der Waals surface area (Å²) in [5.41, 5.74) is 2.69. The lowest BCUT2D eigenvalue weighted by atomic mass is 10.0. The molecule has 6 nitrogen and oxygen atoms in total. The fourth-order valence-electron chi connectivity index (χ4n) is 3.81. The van der Waals surface area contributed by atoms with Gasteiger partial charge in [0.2, 0.25) is 0 Å². The fraction of sp³-hybridized carbons (Fsp3) is 0.450. The molecule has 0 N–H and O–H groups in total. The van der Waals surface area contributed by atoms with Crippen LogP contribution < -0.4 is 10.5 Å². The molecule has 26 heavy (non-hydrogen) atoms. The van der Waals surface area contributed by atoms with Crippen LogP contribution >= 0.6 is 0 Å². The van der Waals surface area contributed by atoms with Crippen LogP contribution in [0.3, 0.4) is 0 Å². The highest BCUT2D eigenvalue weighted by Crippen LogP contribution is 2.23. The molecule has 0 unspecified atom stereocenters. The third-order valence-corrected chi connectivity index (χ3v) is 5.39. The van der Waals surface area contributed by atoms with Crippen LogP contribution in [0, 0.1) is 11.3 Å². The Morgan fingerprint density at radius 2 is 2.04 bits per heavy atom. The topological polar surface area (TPSA) is 65.2 Å². The van der Waals surface area contributed by atoms with E-state index in [0.29, 0.717) is 0 Å². The first-order chi connectivity index (χ1) is 12.7. The smallest absolute Gasteiger partial charge is 0.269 e. The van der Waals surface area contributed by atoms with Gasteiger partial charge in [0.05, 0.1) is 29.6 Å². The maximum Gasteiger partial charge on any atom is 0.269 e. The standard InChI is InChI=1S/C20H23N5O/c21-12-16-5-1-2-6-17(16)14-23-8-3-7-18(15-23)25-20(26)11-19(13-22-25)24-9-4-10-24/h1-2,5-6,11,13,18H,3-4,7-10,14-15H2/t18-/m0/s1. The molecule has 2 fully saturated rings. The minimum Gasteiger partial charge on any atom is -0.370 e. The van der Waals surface area contributed by atoms with E-state index in [1.807, 2.05) is 30.5 Å². The van der Waals surface area contributed by atoms with E-state index < -0.39 is 0 Å². The summed E-state index contributed by atoms with van der Waals surface area (Å²) in [5.74, 6) is 0. The van der Waals surface area contributed by atoms with E-state index in [0.717, 1.165) is 62.4 Å². The first-order valence-corrected chi connectivity index (χ1v) is 9.29. The van der Waals surface area contributed by atoms with Gasteiger partial charge in [0.1, 0.15) is 0 Å². The van der Waals surface area contributed by atoms with Crippen molar-refractivity contribution in [1.82, 2.24) is 14.7 Å². The molecule has 6 heteroatoms. The number of likely N-dealkylation sites (tertiary alicyclic amines) is 1. The van der Waals surface area contributed by atoms with Crippen molar-refractivity contribution in [1.29, 1.82) is 5.26 Å². The number of hydrogen-bond acceptors (Lipinski definition) is 5. The van der Waals surface area contributed by atoms with Crippen LogP contribution in [0.5, 0.6) is 0 Å². The molecular weight excluding hydrogens is 326 g/mol. The van der Waals surface area contributed by atoms with Gasteiger partial charge in [-0.15, -0.1) is 0 Å². The number of benzene rings is 1. The molecule has 0 spiro atoms. The summed E-state index contributed by atoms with van der Waals surface area (Å²) in [7, 11) is 0. The van der Waals surface area contributed by atoms with Gasteiger partial charge in [-0.3, -0.25) is 9.69 Å². The summed E-state index contributed by atoms with van der Waals surface area (Å²) < 4.78 is 1.64. The van der Waals surface area contributed by atoms with E-state index in [2.05, 4.69) is 21.0 Å². The molecule has 0 amide bonds. The highest BCUT2D eigenvalue weighted by Gasteiger charge is 2.24. The molecule has 2 saturated heterocycles. The second-order valence-corrected chi connectivity index (χ2v) is 7.14. The molecule has 1 aromatic heterocycles. The Morgan fingerprint density at radius 1 is 1.19 bits per heavy atom. The molecule has 134 valence electrons. The van der Waals surface area contributed by atoms with E-state index in [-0.39, 0.29) is 11.6 Å². The zero-order chi connectivity index (χ0) is 17.9. The van der Waals surface area contributed by atoms with E-state index >= 15 is 0 Å². The first kappa shape index (κ1) is 16.8. The predicted octanol–water partition coefficient (Wildman–Crippen LogP) is 2.16. The van der Waals surface area contributed by atoms with Gasteiger partial charge in [-0.2, -0.15) is 10.4 Å². The molecule has 0 radical (unpaired) electrons. The van der Waals surface area contributed by atoms with Crippen LogP contribution in [0.25, 0.3) is 0 Å². The van der Waals surface area contributed by atoms with Crippen LogP contribution in [0.2, 0.25) is 0 Å². The number of aromatic nitrogens is 2. The van der Waals surface area contributed by atoms with Crippen molar-refractivity contribution in [3.8, 4) is 6.07 Å². The number of rotatable bonds is 4. The van der Waals surface area contributed by atoms with Crippen LogP contribution in [0.1, 0.15) is 36.4 Å². The molecule has 2 aliphatic rings. The van der Waals surface area contributed by atoms with Crippen molar-refractivity contribution in [3.63, 3.8) is 0 Å². The summed E-state index contributed by atoms with van der Waals surface area (Å²) in [6.45, 7) is 4.54. The van der Waals surface area contributed by atoms with Crippen LogP contribution in [-0.4, -0.2) is 40.9 Å². The Hall–Kier alpha value is -2.65. The minimum absolute atomic E-state index is 0.0151. The third-order valence-electron chi connectivity index (χ3n) is 5.39. The molecule has 1 aromatic carbocycles. The predicted molar refractivity (Wildman–Crippen MR) is 100 cm³/mol. The zero-order valence-corrected chi connectivity index (χ0v) is 14.8. The molecule has 2 aromatic rings. The molecule has 0 aliphatic carbocycles. The van der Waals surface area contributed by atoms with Gasteiger partial charge in [0.15, 0.2) is 0 Å². The third kappa shape index (κ3) is 3.35. The number of anilines is 1. The largest absolute Gasteiger partial charge is 0.370 e. The minimum atomic E-state index is -0.0151. The maximum absolute atomic E-state index is 12.6. The summed E-state index contributed by atoms with van der Waals surface area (Å²) in [4.78, 5) is 17.1. The first-order valence-electron chi connectivity index (χ1n) is 9.29. The van der Waals surface area contributed by atoms with Gasteiger partial charge in [-0.25, -0.2) is 4.68 Å². The second kappa shape index (κ2) is 7.30. The zero-order valence-electron chi connectivity index (χ0n) is 14.8. The number of nitrogens with zero attached hydrogens (tertiary/aromatic N) is 5. The molecular formula is C20H23N5O. The Bertz CT molecular complexity index is 880. The number of piperidine rings is 1. The lowest BCUT2D eigenvalue weighted by Gasteiger charge is -2.34. The van der Waals surface area contributed by atoms with Gasteiger partial charge in [-0.1, -0.05) is 18.2 Å². The summed E-state index contributed by atoms with van der Waals surface area (Å²) in [5, 5.41) is 13.7. The van der Waals surface area contributed by atoms with Gasteiger partial charge in [0.25, 0.3) is 5.56 Å². The Labute approximate surface area is 153 Å². The molecule has 0 saturated carbocycles. The van der Waals surface area contributed by atoms with Crippen LogP contribution in [0.15, 0.2) is 41.3 Å². The second-order valence-electron chi connectivity index (χ2n) is 7.14. The molecule has 1 atom stereocenters. The van der Waals surface area contributed by atoms with Crippen molar-refractivity contribution in [3.05, 3.63) is 58.0 Å². The number of hydrogen-bond donors (Lipinski definition) is 0. The lowest BCUT2D eigenvalue weighted by Crippen LogP contribution is -2.42. The van der Waals surface area contributed by atoms with Gasteiger partial charge in [0, 0.05) is 32.2 Å². The quantitative estimate of drug-likeness (QED) is 0.846.